The number of aromatic nitrogens is 2. The molecule has 1 aromatic heterocycles. The molecule has 2 saturated heterocycles. The molecule has 2 aromatic rings. The van der Waals surface area contributed by atoms with Crippen molar-refractivity contribution in [1.29, 1.82) is 0 Å². The Morgan fingerprint density at radius 3 is 2.71 bits per heavy atom. The van der Waals surface area contributed by atoms with Crippen LogP contribution >= 0.6 is 12.4 Å². The number of rotatable bonds is 3. The van der Waals surface area contributed by atoms with Crippen LogP contribution in [0.4, 0.5) is 0 Å². The molecule has 0 spiro atoms. The van der Waals surface area contributed by atoms with E-state index in [9.17, 15) is 9.59 Å². The Morgan fingerprint density at radius 1 is 1.25 bits per heavy atom. The number of nitrogens with one attached hydrogen (secondary N) is 2. The van der Waals surface area contributed by atoms with Crippen molar-refractivity contribution in [3.05, 3.63) is 63.3 Å². The van der Waals surface area contributed by atoms with Gasteiger partial charge in [0.05, 0.1) is 29.8 Å². The molecule has 2 fully saturated rings. The SMILES string of the molecule is Cc1nc2c(c(=O)[nH]1)CN(C(=O)[C@]1(Cc3ccccc3)C[C@@H]3CC[C@H]1N3)C2.Cl. The number of nitrogens with zero attached hydrogens (tertiary/aromatic N) is 2. The second-order valence-electron chi connectivity index (χ2n) is 8.25. The van der Waals surface area contributed by atoms with Crippen LogP contribution in [-0.4, -0.2) is 32.9 Å². The van der Waals surface area contributed by atoms with E-state index in [1.54, 1.807) is 6.92 Å². The highest BCUT2D eigenvalue weighted by Gasteiger charge is 2.57. The van der Waals surface area contributed by atoms with Crippen molar-refractivity contribution in [2.24, 2.45) is 5.41 Å². The number of fused-ring (bicyclic) bond motifs is 3. The highest BCUT2D eigenvalue weighted by atomic mass is 35.5. The first-order valence-electron chi connectivity index (χ1n) is 9.73. The Bertz CT molecular complexity index is 961. The second kappa shape index (κ2) is 7.01. The summed E-state index contributed by atoms with van der Waals surface area (Å²) >= 11 is 0. The van der Waals surface area contributed by atoms with Gasteiger partial charge < -0.3 is 15.2 Å². The highest BCUT2D eigenvalue weighted by molar-refractivity contribution is 5.85. The van der Waals surface area contributed by atoms with E-state index in [4.69, 9.17) is 0 Å². The van der Waals surface area contributed by atoms with Crippen LogP contribution < -0.4 is 10.9 Å². The number of hydrogen-bond donors (Lipinski definition) is 2. The lowest BCUT2D eigenvalue weighted by atomic mass is 9.69. The Labute approximate surface area is 170 Å². The summed E-state index contributed by atoms with van der Waals surface area (Å²) in [6.45, 7) is 2.58. The average Bonchev–Trinajstić information content (AvgIpc) is 3.36. The summed E-state index contributed by atoms with van der Waals surface area (Å²) < 4.78 is 0. The summed E-state index contributed by atoms with van der Waals surface area (Å²) in [6, 6.07) is 10.9. The number of benzene rings is 1. The Balaban J connectivity index is 0.00000192. The highest BCUT2D eigenvalue weighted by Crippen LogP contribution is 2.47. The van der Waals surface area contributed by atoms with E-state index in [0.717, 1.165) is 31.4 Å². The molecule has 3 atom stereocenters. The maximum absolute atomic E-state index is 13.8. The third kappa shape index (κ3) is 2.95. The number of carbonyl (C=O) groups excluding carboxylic acids is 1. The van der Waals surface area contributed by atoms with Crippen LogP contribution in [0.5, 0.6) is 0 Å². The Morgan fingerprint density at radius 2 is 2.04 bits per heavy atom. The number of aromatic amines is 1. The van der Waals surface area contributed by atoms with Crippen molar-refractivity contribution in [2.75, 3.05) is 0 Å². The van der Waals surface area contributed by atoms with E-state index >= 15 is 0 Å². The quantitative estimate of drug-likeness (QED) is 0.827. The molecule has 3 aliphatic rings. The maximum atomic E-state index is 13.8. The van der Waals surface area contributed by atoms with Gasteiger partial charge in [-0.05, 0) is 38.2 Å². The van der Waals surface area contributed by atoms with Gasteiger partial charge in [-0.2, -0.15) is 0 Å². The fraction of sp³-hybridized carbons (Fsp3) is 0.476. The smallest absolute Gasteiger partial charge is 0.256 e. The van der Waals surface area contributed by atoms with Crippen molar-refractivity contribution < 1.29 is 4.79 Å². The molecular formula is C21H25ClN4O2. The van der Waals surface area contributed by atoms with Gasteiger partial charge in [-0.25, -0.2) is 4.98 Å². The molecule has 6 nitrogen and oxygen atoms in total. The molecule has 28 heavy (non-hydrogen) atoms. The van der Waals surface area contributed by atoms with Gasteiger partial charge in [-0.3, -0.25) is 9.59 Å². The summed E-state index contributed by atoms with van der Waals surface area (Å²) in [5.41, 5.74) is 2.05. The van der Waals surface area contributed by atoms with Gasteiger partial charge in [0.2, 0.25) is 5.91 Å². The van der Waals surface area contributed by atoms with Gasteiger partial charge in [-0.15, -0.1) is 12.4 Å². The van der Waals surface area contributed by atoms with Crippen LogP contribution in [0.25, 0.3) is 0 Å². The zero-order chi connectivity index (χ0) is 18.6. The largest absolute Gasteiger partial charge is 0.332 e. The van der Waals surface area contributed by atoms with Crippen LogP contribution in [-0.2, 0) is 24.3 Å². The lowest BCUT2D eigenvalue weighted by Gasteiger charge is -2.38. The van der Waals surface area contributed by atoms with Gasteiger partial charge in [0.1, 0.15) is 5.82 Å². The summed E-state index contributed by atoms with van der Waals surface area (Å²) in [7, 11) is 0. The lowest BCUT2D eigenvalue weighted by molar-refractivity contribution is -0.144. The molecule has 2 N–H and O–H groups in total. The number of hydrogen-bond acceptors (Lipinski definition) is 4. The third-order valence-corrected chi connectivity index (χ3v) is 6.50. The van der Waals surface area contributed by atoms with Crippen LogP contribution in [0, 0.1) is 12.3 Å². The van der Waals surface area contributed by atoms with Crippen molar-refractivity contribution in [2.45, 2.75) is 57.8 Å². The van der Waals surface area contributed by atoms with E-state index in [2.05, 4.69) is 27.4 Å². The molecule has 0 unspecified atom stereocenters. The Hall–Kier alpha value is -2.18. The van der Waals surface area contributed by atoms with Gasteiger partial charge in [0, 0.05) is 12.1 Å². The summed E-state index contributed by atoms with van der Waals surface area (Å²) in [5, 5.41) is 3.65. The predicted molar refractivity (Wildman–Crippen MR) is 108 cm³/mol. The monoisotopic (exact) mass is 400 g/mol. The molecule has 3 aliphatic heterocycles. The standard InChI is InChI=1S/C21H24N4O2.ClH/c1-13-22-17-12-25(11-16(17)19(26)23-13)20(27)21(9-14-5-3-2-4-6-14)10-15-7-8-18(21)24-15;/h2-6,15,18,24H,7-12H2,1H3,(H,22,23,26);1H/t15-,18+,21+;/m0./s1. The van der Waals surface area contributed by atoms with Crippen LogP contribution in [0.15, 0.2) is 35.1 Å². The Kier molecular flexibility index (Phi) is 4.79. The molecule has 0 aliphatic carbocycles. The summed E-state index contributed by atoms with van der Waals surface area (Å²) in [4.78, 5) is 35.1. The number of amides is 1. The van der Waals surface area contributed by atoms with Crippen LogP contribution in [0.3, 0.4) is 0 Å². The first kappa shape index (κ1) is 19.2. The van der Waals surface area contributed by atoms with E-state index in [1.807, 2.05) is 23.1 Å². The molecule has 1 aromatic carbocycles. The van der Waals surface area contributed by atoms with Crippen LogP contribution in [0.2, 0.25) is 0 Å². The minimum Gasteiger partial charge on any atom is -0.332 e. The number of aryl methyl sites for hydroxylation is 1. The minimum atomic E-state index is -0.423. The molecule has 2 bridgehead atoms. The molecule has 1 amide bonds. The van der Waals surface area contributed by atoms with E-state index in [-0.39, 0.29) is 29.9 Å². The molecule has 4 heterocycles. The van der Waals surface area contributed by atoms with Gasteiger partial charge >= 0.3 is 0 Å². The maximum Gasteiger partial charge on any atom is 0.256 e. The van der Waals surface area contributed by atoms with E-state index in [1.165, 1.54) is 5.56 Å². The van der Waals surface area contributed by atoms with Crippen molar-refractivity contribution in [1.82, 2.24) is 20.2 Å². The van der Waals surface area contributed by atoms with Crippen molar-refractivity contribution in [3.8, 4) is 0 Å². The predicted octanol–water partition coefficient (Wildman–Crippen LogP) is 2.10. The fourth-order valence-electron chi connectivity index (χ4n) is 5.31. The van der Waals surface area contributed by atoms with Crippen molar-refractivity contribution in [3.63, 3.8) is 0 Å². The molecule has 0 saturated carbocycles. The first-order chi connectivity index (χ1) is 13.0. The fourth-order valence-corrected chi connectivity index (χ4v) is 5.31. The average molecular weight is 401 g/mol. The molecule has 7 heteroatoms. The van der Waals surface area contributed by atoms with Gasteiger partial charge in [0.25, 0.3) is 5.56 Å². The first-order valence-corrected chi connectivity index (χ1v) is 9.73. The zero-order valence-corrected chi connectivity index (χ0v) is 16.7. The number of carbonyl (C=O) groups is 1. The minimum absolute atomic E-state index is 0. The van der Waals surface area contributed by atoms with Crippen molar-refractivity contribution >= 4 is 18.3 Å². The normalized spacial score (nSPS) is 27.5. The molecule has 0 radical (unpaired) electrons. The summed E-state index contributed by atoms with van der Waals surface area (Å²) in [6.07, 6.45) is 3.81. The van der Waals surface area contributed by atoms with E-state index in [0.29, 0.717) is 30.5 Å². The summed E-state index contributed by atoms with van der Waals surface area (Å²) in [5.74, 6) is 0.773. The lowest BCUT2D eigenvalue weighted by Crippen LogP contribution is -2.50. The number of H-pyrrole nitrogens is 1. The van der Waals surface area contributed by atoms with Crippen LogP contribution in [0.1, 0.15) is 41.9 Å². The third-order valence-electron chi connectivity index (χ3n) is 6.50. The van der Waals surface area contributed by atoms with Gasteiger partial charge in [-0.1, -0.05) is 30.3 Å². The topological polar surface area (TPSA) is 78.1 Å². The van der Waals surface area contributed by atoms with E-state index < -0.39 is 5.41 Å². The molecule has 5 rings (SSSR count). The van der Waals surface area contributed by atoms with Gasteiger partial charge in [0.15, 0.2) is 0 Å². The second-order valence-corrected chi connectivity index (χ2v) is 8.25. The molecular weight excluding hydrogens is 376 g/mol. The molecule has 148 valence electrons. The zero-order valence-electron chi connectivity index (χ0n) is 15.9. The number of halogens is 1.